The fourth-order valence-corrected chi connectivity index (χ4v) is 1.99. The van der Waals surface area contributed by atoms with Crippen LogP contribution in [-0.4, -0.2) is 20.6 Å². The number of para-hydroxylation sites is 1. The summed E-state index contributed by atoms with van der Waals surface area (Å²) in [6, 6.07) is 14.5. The van der Waals surface area contributed by atoms with Crippen LogP contribution >= 0.6 is 0 Å². The van der Waals surface area contributed by atoms with Gasteiger partial charge in [0, 0.05) is 11.4 Å². The van der Waals surface area contributed by atoms with Crippen molar-refractivity contribution in [3.8, 4) is 0 Å². The molecule has 0 saturated heterocycles. The zero-order chi connectivity index (χ0) is 15.3. The molecule has 0 aliphatic rings. The summed E-state index contributed by atoms with van der Waals surface area (Å²) < 4.78 is 39.2. The SMILES string of the molecule is CS(=O)(=O)/N=C(/Nc1ccccc1)Nc1ccc(F)cc1. The minimum atomic E-state index is -3.58. The van der Waals surface area contributed by atoms with Gasteiger partial charge >= 0.3 is 0 Å². The molecule has 0 aliphatic heterocycles. The van der Waals surface area contributed by atoms with E-state index in [9.17, 15) is 12.8 Å². The Morgan fingerprint density at radius 2 is 1.48 bits per heavy atom. The summed E-state index contributed by atoms with van der Waals surface area (Å²) in [7, 11) is -3.58. The van der Waals surface area contributed by atoms with Crippen LogP contribution in [0.25, 0.3) is 0 Å². The number of hydrogen-bond acceptors (Lipinski definition) is 2. The molecule has 7 heteroatoms. The maximum atomic E-state index is 12.9. The summed E-state index contributed by atoms with van der Waals surface area (Å²) >= 11 is 0. The maximum absolute atomic E-state index is 12.9. The molecular formula is C14H14FN3O2S. The third-order valence-corrected chi connectivity index (χ3v) is 2.91. The van der Waals surface area contributed by atoms with Crippen LogP contribution in [0.5, 0.6) is 0 Å². The monoisotopic (exact) mass is 307 g/mol. The van der Waals surface area contributed by atoms with Crippen LogP contribution in [0, 0.1) is 5.82 Å². The third kappa shape index (κ3) is 5.23. The van der Waals surface area contributed by atoms with E-state index in [1.807, 2.05) is 6.07 Å². The second kappa shape index (κ2) is 6.36. The second-order valence-corrected chi connectivity index (χ2v) is 5.94. The molecule has 0 aromatic heterocycles. The first kappa shape index (κ1) is 15.0. The van der Waals surface area contributed by atoms with Crippen molar-refractivity contribution in [1.82, 2.24) is 0 Å². The van der Waals surface area contributed by atoms with Gasteiger partial charge in [0.2, 0.25) is 5.96 Å². The molecule has 0 aliphatic carbocycles. The minimum absolute atomic E-state index is 0.0373. The first-order chi connectivity index (χ1) is 9.92. The molecular weight excluding hydrogens is 293 g/mol. The number of nitrogens with zero attached hydrogens (tertiary/aromatic N) is 1. The van der Waals surface area contributed by atoms with E-state index in [-0.39, 0.29) is 11.8 Å². The van der Waals surface area contributed by atoms with Gasteiger partial charge in [-0.15, -0.1) is 4.40 Å². The van der Waals surface area contributed by atoms with Gasteiger partial charge < -0.3 is 10.6 Å². The molecule has 2 aromatic carbocycles. The van der Waals surface area contributed by atoms with Gasteiger partial charge in [-0.1, -0.05) is 18.2 Å². The fourth-order valence-electron chi connectivity index (χ4n) is 1.57. The molecule has 0 radical (unpaired) electrons. The summed E-state index contributed by atoms with van der Waals surface area (Å²) in [5.74, 6) is -0.339. The van der Waals surface area contributed by atoms with Crippen molar-refractivity contribution in [2.24, 2.45) is 4.40 Å². The number of benzene rings is 2. The highest BCUT2D eigenvalue weighted by Crippen LogP contribution is 2.11. The molecule has 0 unspecified atom stereocenters. The first-order valence-corrected chi connectivity index (χ1v) is 7.92. The number of anilines is 2. The van der Waals surface area contributed by atoms with E-state index < -0.39 is 10.0 Å². The smallest absolute Gasteiger partial charge is 0.253 e. The number of nitrogens with one attached hydrogen (secondary N) is 2. The van der Waals surface area contributed by atoms with Crippen molar-refractivity contribution in [2.75, 3.05) is 16.9 Å². The predicted octanol–water partition coefficient (Wildman–Crippen LogP) is 2.67. The van der Waals surface area contributed by atoms with Gasteiger partial charge in [0.1, 0.15) is 5.82 Å². The number of rotatable bonds is 3. The van der Waals surface area contributed by atoms with Gasteiger partial charge in [0.05, 0.1) is 6.26 Å². The maximum Gasteiger partial charge on any atom is 0.253 e. The van der Waals surface area contributed by atoms with Crippen molar-refractivity contribution >= 4 is 27.4 Å². The molecule has 2 aromatic rings. The van der Waals surface area contributed by atoms with Gasteiger partial charge in [-0.25, -0.2) is 12.8 Å². The van der Waals surface area contributed by atoms with Gasteiger partial charge in [0.15, 0.2) is 0 Å². The Kier molecular flexibility index (Phi) is 4.54. The summed E-state index contributed by atoms with van der Waals surface area (Å²) in [4.78, 5) is 0. The summed E-state index contributed by atoms with van der Waals surface area (Å²) in [5.41, 5.74) is 1.19. The number of hydrogen-bond donors (Lipinski definition) is 2. The van der Waals surface area contributed by atoms with E-state index in [1.54, 1.807) is 24.3 Å². The van der Waals surface area contributed by atoms with E-state index in [0.29, 0.717) is 11.4 Å². The molecule has 0 bridgehead atoms. The molecule has 2 N–H and O–H groups in total. The van der Waals surface area contributed by atoms with Gasteiger partial charge in [-0.05, 0) is 36.4 Å². The lowest BCUT2D eigenvalue weighted by atomic mass is 10.3. The quantitative estimate of drug-likeness (QED) is 0.675. The number of guanidine groups is 1. The molecule has 0 spiro atoms. The Morgan fingerprint density at radius 1 is 0.952 bits per heavy atom. The van der Waals surface area contributed by atoms with E-state index in [1.165, 1.54) is 24.3 Å². The van der Waals surface area contributed by atoms with Crippen molar-refractivity contribution in [2.45, 2.75) is 0 Å². The second-order valence-electron chi connectivity index (χ2n) is 4.30. The molecule has 110 valence electrons. The van der Waals surface area contributed by atoms with Gasteiger partial charge in [0.25, 0.3) is 10.0 Å². The van der Waals surface area contributed by atoms with Crippen LogP contribution in [0.3, 0.4) is 0 Å². The first-order valence-electron chi connectivity index (χ1n) is 6.07. The average Bonchev–Trinajstić information content (AvgIpc) is 2.41. The van der Waals surface area contributed by atoms with Crippen LogP contribution in [0.4, 0.5) is 15.8 Å². The highest BCUT2D eigenvalue weighted by Gasteiger charge is 2.06. The number of halogens is 1. The Hall–Kier alpha value is -2.41. The zero-order valence-electron chi connectivity index (χ0n) is 11.2. The van der Waals surface area contributed by atoms with Gasteiger partial charge in [-0.3, -0.25) is 0 Å². The van der Waals surface area contributed by atoms with E-state index in [2.05, 4.69) is 15.0 Å². The van der Waals surface area contributed by atoms with Crippen molar-refractivity contribution < 1.29 is 12.8 Å². The Morgan fingerprint density at radius 3 is 2.00 bits per heavy atom. The van der Waals surface area contributed by atoms with Crippen LogP contribution < -0.4 is 10.6 Å². The van der Waals surface area contributed by atoms with E-state index >= 15 is 0 Å². The van der Waals surface area contributed by atoms with Crippen molar-refractivity contribution in [3.05, 3.63) is 60.4 Å². The molecule has 0 saturated carbocycles. The lowest BCUT2D eigenvalue weighted by Crippen LogP contribution is -2.23. The van der Waals surface area contributed by atoms with Crippen LogP contribution in [0.2, 0.25) is 0 Å². The normalized spacial score (nSPS) is 12.0. The minimum Gasteiger partial charge on any atom is -0.325 e. The van der Waals surface area contributed by atoms with Crippen LogP contribution in [-0.2, 0) is 10.0 Å². The van der Waals surface area contributed by atoms with E-state index in [0.717, 1.165) is 6.26 Å². The van der Waals surface area contributed by atoms with Crippen molar-refractivity contribution in [1.29, 1.82) is 0 Å². The predicted molar refractivity (Wildman–Crippen MR) is 82.4 cm³/mol. The van der Waals surface area contributed by atoms with Crippen molar-refractivity contribution in [3.63, 3.8) is 0 Å². The molecule has 0 heterocycles. The zero-order valence-corrected chi connectivity index (χ0v) is 12.1. The van der Waals surface area contributed by atoms with Gasteiger partial charge in [-0.2, -0.15) is 0 Å². The molecule has 2 rings (SSSR count). The Balaban J connectivity index is 2.24. The van der Waals surface area contributed by atoms with E-state index in [4.69, 9.17) is 0 Å². The summed E-state index contributed by atoms with van der Waals surface area (Å²) in [6.45, 7) is 0. The molecule has 0 amide bonds. The molecule has 0 atom stereocenters. The molecule has 5 nitrogen and oxygen atoms in total. The Labute approximate surface area is 122 Å². The molecule has 21 heavy (non-hydrogen) atoms. The third-order valence-electron chi connectivity index (χ3n) is 2.40. The fraction of sp³-hybridized carbons (Fsp3) is 0.0714. The lowest BCUT2D eigenvalue weighted by Gasteiger charge is -2.11. The van der Waals surface area contributed by atoms with Crippen LogP contribution in [0.15, 0.2) is 59.0 Å². The Bertz CT molecular complexity index is 729. The number of sulfonamides is 1. The lowest BCUT2D eigenvalue weighted by molar-refractivity contribution is 0.603. The highest BCUT2D eigenvalue weighted by molar-refractivity contribution is 7.89. The molecule has 0 fully saturated rings. The highest BCUT2D eigenvalue weighted by atomic mass is 32.2. The average molecular weight is 307 g/mol. The topological polar surface area (TPSA) is 70.6 Å². The summed E-state index contributed by atoms with van der Waals surface area (Å²) in [6.07, 6.45) is 0.992. The van der Waals surface area contributed by atoms with Crippen LogP contribution in [0.1, 0.15) is 0 Å². The summed E-state index contributed by atoms with van der Waals surface area (Å²) in [5, 5.41) is 5.67. The standard InChI is InChI=1S/C14H14FN3O2S/c1-21(19,20)18-14(16-12-5-3-2-4-6-12)17-13-9-7-11(15)8-10-13/h2-10H,1H3,(H2,16,17,18). The largest absolute Gasteiger partial charge is 0.325 e.